The normalized spacial score (nSPS) is 10.9. The molecule has 22 heavy (non-hydrogen) atoms. The summed E-state index contributed by atoms with van der Waals surface area (Å²) < 4.78 is 10.0. The van der Waals surface area contributed by atoms with Crippen molar-refractivity contribution in [3.63, 3.8) is 0 Å². The van der Waals surface area contributed by atoms with E-state index in [0.29, 0.717) is 5.71 Å². The van der Waals surface area contributed by atoms with E-state index < -0.39 is 6.16 Å². The van der Waals surface area contributed by atoms with Crippen molar-refractivity contribution in [2.75, 3.05) is 7.11 Å². The zero-order valence-electron chi connectivity index (χ0n) is 12.5. The maximum Gasteiger partial charge on any atom is 0.535 e. The summed E-state index contributed by atoms with van der Waals surface area (Å²) in [5.74, 6) is 0.750. The van der Waals surface area contributed by atoms with E-state index >= 15 is 0 Å². The number of hydrogen-bond acceptors (Lipinski definition) is 5. The smallest absolute Gasteiger partial charge is 0.497 e. The highest BCUT2D eigenvalue weighted by Gasteiger charge is 2.05. The third-order valence-electron chi connectivity index (χ3n) is 2.96. The van der Waals surface area contributed by atoms with Gasteiger partial charge in [-0.15, -0.1) is 0 Å². The van der Waals surface area contributed by atoms with Crippen molar-refractivity contribution in [1.29, 1.82) is 0 Å². The molecule has 114 valence electrons. The molecule has 5 heteroatoms. The number of carbonyl (C=O) groups is 1. The van der Waals surface area contributed by atoms with Crippen LogP contribution in [0.4, 0.5) is 4.79 Å². The van der Waals surface area contributed by atoms with Crippen molar-refractivity contribution >= 4 is 11.9 Å². The Balaban J connectivity index is 1.85. The molecule has 0 aromatic heterocycles. The fourth-order valence-corrected chi connectivity index (χ4v) is 1.73. The third-order valence-corrected chi connectivity index (χ3v) is 2.96. The Labute approximate surface area is 129 Å². The lowest BCUT2D eigenvalue weighted by molar-refractivity contribution is 0.0519. The largest absolute Gasteiger partial charge is 0.535 e. The Bertz CT molecular complexity index is 635. The van der Waals surface area contributed by atoms with Gasteiger partial charge in [0.1, 0.15) is 12.4 Å². The number of ether oxygens (including phenoxy) is 2. The number of benzene rings is 2. The van der Waals surface area contributed by atoms with E-state index in [1.54, 1.807) is 14.0 Å². The summed E-state index contributed by atoms with van der Waals surface area (Å²) in [7, 11) is 1.60. The van der Waals surface area contributed by atoms with Crippen LogP contribution in [-0.2, 0) is 16.2 Å². The molecule has 0 unspecified atom stereocenters. The molecule has 0 saturated heterocycles. The van der Waals surface area contributed by atoms with Gasteiger partial charge in [0.15, 0.2) is 0 Å². The number of carbonyl (C=O) groups excluding carboxylic acids is 1. The van der Waals surface area contributed by atoms with E-state index in [4.69, 9.17) is 14.3 Å². The lowest BCUT2D eigenvalue weighted by atomic mass is 10.1. The van der Waals surface area contributed by atoms with Crippen LogP contribution in [0.5, 0.6) is 5.75 Å². The Morgan fingerprint density at radius 2 is 1.73 bits per heavy atom. The van der Waals surface area contributed by atoms with Gasteiger partial charge in [0.25, 0.3) is 0 Å². The molecule has 0 bridgehead atoms. The Kier molecular flexibility index (Phi) is 5.54. The monoisotopic (exact) mass is 299 g/mol. The molecule has 0 aliphatic heterocycles. The van der Waals surface area contributed by atoms with Crippen molar-refractivity contribution in [2.24, 2.45) is 5.16 Å². The van der Waals surface area contributed by atoms with Crippen molar-refractivity contribution in [3.8, 4) is 5.75 Å². The second kappa shape index (κ2) is 7.83. The van der Waals surface area contributed by atoms with Crippen molar-refractivity contribution < 1.29 is 19.1 Å². The number of methoxy groups -OCH3 is 1. The molecular formula is C17H17NO4. The third kappa shape index (κ3) is 4.63. The molecule has 0 saturated carbocycles. The van der Waals surface area contributed by atoms with Gasteiger partial charge < -0.3 is 9.47 Å². The highest BCUT2D eigenvalue weighted by Crippen LogP contribution is 2.12. The summed E-state index contributed by atoms with van der Waals surface area (Å²) >= 11 is 0. The summed E-state index contributed by atoms with van der Waals surface area (Å²) in [5.41, 5.74) is 2.28. The molecule has 0 aliphatic carbocycles. The maximum atomic E-state index is 11.5. The number of nitrogens with zero attached hydrogens (tertiary/aromatic N) is 1. The van der Waals surface area contributed by atoms with Crippen LogP contribution in [0, 0.1) is 0 Å². The van der Waals surface area contributed by atoms with Gasteiger partial charge in [-0.2, -0.15) is 0 Å². The van der Waals surface area contributed by atoms with Gasteiger partial charge in [-0.1, -0.05) is 35.5 Å². The van der Waals surface area contributed by atoms with Crippen LogP contribution in [0.1, 0.15) is 18.1 Å². The molecule has 0 amide bonds. The number of hydrogen-bond donors (Lipinski definition) is 0. The second-order valence-corrected chi connectivity index (χ2v) is 4.52. The maximum absolute atomic E-state index is 11.5. The fourth-order valence-electron chi connectivity index (χ4n) is 1.73. The van der Waals surface area contributed by atoms with E-state index in [2.05, 4.69) is 5.16 Å². The van der Waals surface area contributed by atoms with Gasteiger partial charge in [-0.25, -0.2) is 4.79 Å². The van der Waals surface area contributed by atoms with Crippen molar-refractivity contribution in [1.82, 2.24) is 0 Å². The summed E-state index contributed by atoms with van der Waals surface area (Å²) in [4.78, 5) is 16.2. The van der Waals surface area contributed by atoms with E-state index in [9.17, 15) is 4.79 Å². The van der Waals surface area contributed by atoms with Gasteiger partial charge in [0.2, 0.25) is 0 Å². The number of rotatable bonds is 5. The predicted octanol–water partition coefficient (Wildman–Crippen LogP) is 3.77. The standard InChI is InChI=1S/C17H17NO4/c1-13(15-8-10-16(20-2)11-9-15)18-22-17(19)21-12-14-6-4-3-5-7-14/h3-11H,12H2,1-2H3/b18-13+. The first kappa shape index (κ1) is 15.6. The first-order valence-electron chi connectivity index (χ1n) is 6.76. The summed E-state index contributed by atoms with van der Waals surface area (Å²) in [5, 5.41) is 3.76. The van der Waals surface area contributed by atoms with Gasteiger partial charge >= 0.3 is 6.16 Å². The van der Waals surface area contributed by atoms with Crippen LogP contribution < -0.4 is 4.74 Å². The Morgan fingerprint density at radius 3 is 2.36 bits per heavy atom. The van der Waals surface area contributed by atoms with Crippen LogP contribution in [0.3, 0.4) is 0 Å². The summed E-state index contributed by atoms with van der Waals surface area (Å²) in [6.07, 6.45) is -0.836. The molecule has 2 aromatic carbocycles. The molecular weight excluding hydrogens is 282 g/mol. The van der Waals surface area contributed by atoms with E-state index in [1.807, 2.05) is 54.6 Å². The minimum atomic E-state index is -0.836. The lowest BCUT2D eigenvalue weighted by Crippen LogP contribution is -2.06. The zero-order chi connectivity index (χ0) is 15.8. The quantitative estimate of drug-likeness (QED) is 0.365. The van der Waals surface area contributed by atoms with Gasteiger partial charge in [-0.05, 0) is 42.3 Å². The highest BCUT2D eigenvalue weighted by molar-refractivity contribution is 5.98. The molecule has 5 nitrogen and oxygen atoms in total. The molecule has 0 fully saturated rings. The van der Waals surface area contributed by atoms with Crippen molar-refractivity contribution in [3.05, 3.63) is 65.7 Å². The average molecular weight is 299 g/mol. The lowest BCUT2D eigenvalue weighted by Gasteiger charge is -2.04. The summed E-state index contributed by atoms with van der Waals surface area (Å²) in [6.45, 7) is 1.89. The molecule has 2 aromatic rings. The van der Waals surface area contributed by atoms with Crippen LogP contribution >= 0.6 is 0 Å². The van der Waals surface area contributed by atoms with Crippen LogP contribution in [-0.4, -0.2) is 19.0 Å². The Morgan fingerprint density at radius 1 is 1.05 bits per heavy atom. The van der Waals surface area contributed by atoms with Gasteiger partial charge in [0, 0.05) is 0 Å². The van der Waals surface area contributed by atoms with E-state index in [1.165, 1.54) is 0 Å². The van der Waals surface area contributed by atoms with Crippen molar-refractivity contribution in [2.45, 2.75) is 13.5 Å². The molecule has 0 atom stereocenters. The fraction of sp³-hybridized carbons (Fsp3) is 0.176. The summed E-state index contributed by atoms with van der Waals surface area (Å²) in [6, 6.07) is 16.6. The Hall–Kier alpha value is -2.82. The topological polar surface area (TPSA) is 57.1 Å². The minimum Gasteiger partial charge on any atom is -0.497 e. The second-order valence-electron chi connectivity index (χ2n) is 4.52. The molecule has 0 heterocycles. The highest BCUT2D eigenvalue weighted by atomic mass is 16.8. The first-order chi connectivity index (χ1) is 10.7. The van der Waals surface area contributed by atoms with Gasteiger partial charge in [0.05, 0.1) is 12.8 Å². The molecule has 0 aliphatic rings. The van der Waals surface area contributed by atoms with Crippen LogP contribution in [0.25, 0.3) is 0 Å². The van der Waals surface area contributed by atoms with Crippen LogP contribution in [0.2, 0.25) is 0 Å². The van der Waals surface area contributed by atoms with Gasteiger partial charge in [-0.3, -0.25) is 4.84 Å². The van der Waals surface area contributed by atoms with E-state index in [0.717, 1.165) is 16.9 Å². The number of oxime groups is 1. The molecule has 0 spiro atoms. The average Bonchev–Trinajstić information content (AvgIpc) is 2.58. The molecule has 2 rings (SSSR count). The zero-order valence-corrected chi connectivity index (χ0v) is 12.5. The predicted molar refractivity (Wildman–Crippen MR) is 82.9 cm³/mol. The first-order valence-corrected chi connectivity index (χ1v) is 6.76. The minimum absolute atomic E-state index is 0.150. The molecule has 0 N–H and O–H groups in total. The SMILES string of the molecule is COc1ccc(/C(C)=N/OC(=O)OCc2ccccc2)cc1. The van der Waals surface area contributed by atoms with E-state index in [-0.39, 0.29) is 6.61 Å². The molecule has 0 radical (unpaired) electrons. The van der Waals surface area contributed by atoms with Crippen LogP contribution in [0.15, 0.2) is 59.8 Å².